The number of aromatic nitrogens is 1. The molecule has 0 bridgehead atoms. The van der Waals surface area contributed by atoms with E-state index in [4.69, 9.17) is 16.3 Å². The lowest BCUT2D eigenvalue weighted by atomic mass is 10.1. The van der Waals surface area contributed by atoms with Crippen molar-refractivity contribution in [2.24, 2.45) is 0 Å². The maximum atomic E-state index is 11.7. The van der Waals surface area contributed by atoms with Crippen molar-refractivity contribution in [3.05, 3.63) is 57.3 Å². The van der Waals surface area contributed by atoms with E-state index in [1.54, 1.807) is 24.4 Å². The number of nitrogens with zero attached hydrogens (tertiary/aromatic N) is 1. The third-order valence-corrected chi connectivity index (χ3v) is 3.34. The van der Waals surface area contributed by atoms with E-state index in [-0.39, 0.29) is 0 Å². The standard InChI is InChI=1S/C14H12BrClN2O2/c1-20-14(19)12-5-3-10(16)6-13(12)18-8-11-4-2-9(15)7-17-11/h2-7,18H,8H2,1H3. The number of pyridine rings is 1. The van der Waals surface area contributed by atoms with Crippen LogP contribution in [0.25, 0.3) is 0 Å². The van der Waals surface area contributed by atoms with Gasteiger partial charge in [0.15, 0.2) is 0 Å². The van der Waals surface area contributed by atoms with Gasteiger partial charge in [-0.1, -0.05) is 11.6 Å². The van der Waals surface area contributed by atoms with Crippen LogP contribution in [0, 0.1) is 0 Å². The van der Waals surface area contributed by atoms with Crippen LogP contribution >= 0.6 is 27.5 Å². The predicted molar refractivity (Wildman–Crippen MR) is 82.1 cm³/mol. The molecule has 1 heterocycles. The monoisotopic (exact) mass is 354 g/mol. The van der Waals surface area contributed by atoms with Gasteiger partial charge >= 0.3 is 5.97 Å². The van der Waals surface area contributed by atoms with E-state index in [0.29, 0.717) is 22.8 Å². The average molecular weight is 356 g/mol. The summed E-state index contributed by atoms with van der Waals surface area (Å²) in [5.74, 6) is -0.409. The van der Waals surface area contributed by atoms with Crippen LogP contribution in [-0.2, 0) is 11.3 Å². The highest BCUT2D eigenvalue weighted by Crippen LogP contribution is 2.22. The van der Waals surface area contributed by atoms with Gasteiger partial charge in [-0.2, -0.15) is 0 Å². The number of nitrogens with one attached hydrogen (secondary N) is 1. The van der Waals surface area contributed by atoms with Crippen molar-refractivity contribution in [3.63, 3.8) is 0 Å². The highest BCUT2D eigenvalue weighted by molar-refractivity contribution is 9.10. The maximum absolute atomic E-state index is 11.7. The second kappa shape index (κ2) is 6.72. The van der Waals surface area contributed by atoms with Crippen LogP contribution in [0.1, 0.15) is 16.1 Å². The van der Waals surface area contributed by atoms with Gasteiger partial charge in [0.25, 0.3) is 0 Å². The number of hydrogen-bond donors (Lipinski definition) is 1. The number of rotatable bonds is 4. The molecule has 0 unspecified atom stereocenters. The molecule has 2 rings (SSSR count). The van der Waals surface area contributed by atoms with Crippen LogP contribution in [0.15, 0.2) is 41.0 Å². The van der Waals surface area contributed by atoms with Crippen LogP contribution in [0.4, 0.5) is 5.69 Å². The van der Waals surface area contributed by atoms with Gasteiger partial charge in [0.05, 0.1) is 30.6 Å². The second-order valence-corrected chi connectivity index (χ2v) is 5.35. The molecular formula is C14H12BrClN2O2. The molecule has 0 fully saturated rings. The van der Waals surface area contributed by atoms with Crippen LogP contribution in [0.2, 0.25) is 5.02 Å². The van der Waals surface area contributed by atoms with Crippen molar-refractivity contribution in [1.29, 1.82) is 0 Å². The molecule has 4 nitrogen and oxygen atoms in total. The fourth-order valence-electron chi connectivity index (χ4n) is 1.65. The fourth-order valence-corrected chi connectivity index (χ4v) is 2.05. The molecule has 0 aliphatic rings. The molecule has 104 valence electrons. The Morgan fingerprint density at radius 2 is 2.20 bits per heavy atom. The van der Waals surface area contributed by atoms with Gasteiger partial charge in [-0.25, -0.2) is 4.79 Å². The molecule has 0 saturated carbocycles. The molecular weight excluding hydrogens is 344 g/mol. The number of hydrogen-bond acceptors (Lipinski definition) is 4. The summed E-state index contributed by atoms with van der Waals surface area (Å²) in [5, 5.41) is 3.69. The Hall–Kier alpha value is -1.59. The van der Waals surface area contributed by atoms with Crippen molar-refractivity contribution < 1.29 is 9.53 Å². The minimum absolute atomic E-state index is 0.409. The highest BCUT2D eigenvalue weighted by Gasteiger charge is 2.12. The molecule has 0 amide bonds. The summed E-state index contributed by atoms with van der Waals surface area (Å²) in [4.78, 5) is 15.9. The molecule has 0 radical (unpaired) electrons. The lowest BCUT2D eigenvalue weighted by molar-refractivity contribution is 0.0602. The summed E-state index contributed by atoms with van der Waals surface area (Å²) in [6.07, 6.45) is 1.72. The molecule has 0 aliphatic heterocycles. The normalized spacial score (nSPS) is 10.2. The zero-order valence-electron chi connectivity index (χ0n) is 10.7. The van der Waals surface area contributed by atoms with E-state index in [2.05, 4.69) is 26.2 Å². The summed E-state index contributed by atoms with van der Waals surface area (Å²) in [6, 6.07) is 8.76. The molecule has 0 aliphatic carbocycles. The van der Waals surface area contributed by atoms with Gasteiger partial charge in [-0.05, 0) is 46.3 Å². The molecule has 0 saturated heterocycles. The Morgan fingerprint density at radius 3 is 2.85 bits per heavy atom. The average Bonchev–Trinajstić information content (AvgIpc) is 2.46. The van der Waals surface area contributed by atoms with E-state index in [1.165, 1.54) is 7.11 Å². The van der Waals surface area contributed by atoms with Crippen LogP contribution in [-0.4, -0.2) is 18.1 Å². The summed E-state index contributed by atoms with van der Waals surface area (Å²) in [7, 11) is 1.34. The van der Waals surface area contributed by atoms with Crippen molar-refractivity contribution in [2.75, 3.05) is 12.4 Å². The number of methoxy groups -OCH3 is 1. The maximum Gasteiger partial charge on any atom is 0.339 e. The molecule has 0 atom stereocenters. The van der Waals surface area contributed by atoms with Gasteiger partial charge in [0.2, 0.25) is 0 Å². The third kappa shape index (κ3) is 3.71. The Morgan fingerprint density at radius 1 is 1.40 bits per heavy atom. The van der Waals surface area contributed by atoms with Crippen LogP contribution in [0.5, 0.6) is 0 Å². The first-order valence-corrected chi connectivity index (χ1v) is 6.99. The lowest BCUT2D eigenvalue weighted by Crippen LogP contribution is -2.08. The molecule has 2 aromatic rings. The first-order chi connectivity index (χ1) is 9.60. The SMILES string of the molecule is COC(=O)c1ccc(Cl)cc1NCc1ccc(Br)cn1. The van der Waals surface area contributed by atoms with E-state index < -0.39 is 5.97 Å². The Kier molecular flexibility index (Phi) is 4.98. The van der Waals surface area contributed by atoms with Gasteiger partial charge in [0, 0.05) is 15.7 Å². The largest absolute Gasteiger partial charge is 0.465 e. The fraction of sp³-hybridized carbons (Fsp3) is 0.143. The second-order valence-electron chi connectivity index (χ2n) is 4.00. The Balaban J connectivity index is 2.17. The van der Waals surface area contributed by atoms with Crippen LogP contribution in [0.3, 0.4) is 0 Å². The zero-order chi connectivity index (χ0) is 14.5. The van der Waals surface area contributed by atoms with E-state index >= 15 is 0 Å². The number of anilines is 1. The number of halogens is 2. The lowest BCUT2D eigenvalue weighted by Gasteiger charge is -2.11. The van der Waals surface area contributed by atoms with E-state index in [1.807, 2.05) is 12.1 Å². The molecule has 1 aromatic heterocycles. The minimum Gasteiger partial charge on any atom is -0.465 e. The van der Waals surface area contributed by atoms with E-state index in [9.17, 15) is 4.79 Å². The molecule has 20 heavy (non-hydrogen) atoms. The minimum atomic E-state index is -0.409. The van der Waals surface area contributed by atoms with Crippen LogP contribution < -0.4 is 5.32 Å². The smallest absolute Gasteiger partial charge is 0.339 e. The number of benzene rings is 1. The first-order valence-electron chi connectivity index (χ1n) is 5.82. The predicted octanol–water partition coefficient (Wildman–Crippen LogP) is 3.90. The molecule has 1 aromatic carbocycles. The van der Waals surface area contributed by atoms with Gasteiger partial charge < -0.3 is 10.1 Å². The Bertz CT molecular complexity index is 617. The number of esters is 1. The van der Waals surface area contributed by atoms with Gasteiger partial charge in [0.1, 0.15) is 0 Å². The topological polar surface area (TPSA) is 51.2 Å². The summed E-state index contributed by atoms with van der Waals surface area (Å²) in [5.41, 5.74) is 1.91. The quantitative estimate of drug-likeness (QED) is 0.845. The summed E-state index contributed by atoms with van der Waals surface area (Å²) < 4.78 is 5.66. The van der Waals surface area contributed by atoms with Crippen molar-refractivity contribution >= 4 is 39.2 Å². The Labute approximate surface area is 130 Å². The molecule has 1 N–H and O–H groups in total. The van der Waals surface area contributed by atoms with E-state index in [0.717, 1.165) is 10.2 Å². The van der Waals surface area contributed by atoms with Gasteiger partial charge in [-0.15, -0.1) is 0 Å². The number of carbonyl (C=O) groups excluding carboxylic acids is 1. The summed E-state index contributed by atoms with van der Waals surface area (Å²) >= 11 is 9.28. The third-order valence-electron chi connectivity index (χ3n) is 2.64. The van der Waals surface area contributed by atoms with Crippen molar-refractivity contribution in [2.45, 2.75) is 6.54 Å². The highest BCUT2D eigenvalue weighted by atomic mass is 79.9. The molecule has 6 heteroatoms. The number of ether oxygens (including phenoxy) is 1. The van der Waals surface area contributed by atoms with Crippen molar-refractivity contribution in [3.8, 4) is 0 Å². The number of carbonyl (C=O) groups is 1. The van der Waals surface area contributed by atoms with Gasteiger partial charge in [-0.3, -0.25) is 4.98 Å². The molecule has 0 spiro atoms. The zero-order valence-corrected chi connectivity index (χ0v) is 13.0. The summed E-state index contributed by atoms with van der Waals surface area (Å²) in [6.45, 7) is 0.484. The first kappa shape index (κ1) is 14.8. The van der Waals surface area contributed by atoms with Crippen molar-refractivity contribution in [1.82, 2.24) is 4.98 Å².